The van der Waals surface area contributed by atoms with Crippen LogP contribution in [0.2, 0.25) is 0 Å². The SMILES string of the molecule is O=CN(O)C(CS(=O)(=O)N1CCC(OC/C=C/c2ccccc2)CC1)c1ccccc1. The molecule has 31 heavy (non-hydrogen) atoms. The summed E-state index contributed by atoms with van der Waals surface area (Å²) in [6.07, 6.45) is 5.39. The average molecular weight is 445 g/mol. The van der Waals surface area contributed by atoms with Crippen molar-refractivity contribution in [3.8, 4) is 0 Å². The van der Waals surface area contributed by atoms with Crippen LogP contribution in [0.3, 0.4) is 0 Å². The second-order valence-corrected chi connectivity index (χ2v) is 9.45. The molecule has 1 amide bonds. The first-order chi connectivity index (χ1) is 15.0. The molecule has 1 aliphatic rings. The number of carbonyl (C=O) groups excluding carboxylic acids is 1. The maximum absolute atomic E-state index is 12.9. The lowest BCUT2D eigenvalue weighted by Gasteiger charge is -2.32. The largest absolute Gasteiger partial charge is 0.374 e. The molecule has 2 aromatic carbocycles. The Hall–Kier alpha value is -2.52. The number of sulfonamides is 1. The third kappa shape index (κ3) is 6.73. The van der Waals surface area contributed by atoms with Crippen molar-refractivity contribution in [1.82, 2.24) is 9.37 Å². The van der Waals surface area contributed by atoms with Gasteiger partial charge in [0.2, 0.25) is 16.4 Å². The fourth-order valence-electron chi connectivity index (χ4n) is 3.60. The second-order valence-electron chi connectivity index (χ2n) is 7.44. The normalized spacial score (nSPS) is 16.9. The standard InChI is InChI=1S/C23H28N2O5S/c26-19-25(27)23(21-11-5-2-6-12-21)18-31(28,29)24-15-13-22(14-16-24)30-17-7-10-20-8-3-1-4-9-20/h1-12,19,22-23,27H,13-18H2/b10-7+. The molecule has 1 fully saturated rings. The van der Waals surface area contributed by atoms with Gasteiger partial charge in [-0.05, 0) is 24.0 Å². The fraction of sp³-hybridized carbons (Fsp3) is 0.348. The van der Waals surface area contributed by atoms with E-state index in [1.807, 2.05) is 42.5 Å². The van der Waals surface area contributed by atoms with Crippen LogP contribution in [0.5, 0.6) is 0 Å². The van der Waals surface area contributed by atoms with Crippen LogP contribution in [-0.4, -0.2) is 61.0 Å². The van der Waals surface area contributed by atoms with Crippen molar-refractivity contribution >= 4 is 22.5 Å². The highest BCUT2D eigenvalue weighted by atomic mass is 32.2. The van der Waals surface area contributed by atoms with Crippen LogP contribution in [0.25, 0.3) is 6.08 Å². The van der Waals surface area contributed by atoms with Crippen LogP contribution in [0.1, 0.15) is 30.0 Å². The number of hydroxylamine groups is 2. The third-order valence-corrected chi connectivity index (χ3v) is 7.20. The monoisotopic (exact) mass is 444 g/mol. The highest BCUT2D eigenvalue weighted by Gasteiger charge is 2.32. The Morgan fingerprint density at radius 3 is 2.29 bits per heavy atom. The molecule has 8 heteroatoms. The van der Waals surface area contributed by atoms with E-state index in [1.54, 1.807) is 30.3 Å². The number of piperidine rings is 1. The van der Waals surface area contributed by atoms with Crippen molar-refractivity contribution in [3.05, 3.63) is 77.9 Å². The van der Waals surface area contributed by atoms with Gasteiger partial charge in [0.25, 0.3) is 0 Å². The summed E-state index contributed by atoms with van der Waals surface area (Å²) in [5.74, 6) is -0.377. The molecule has 0 aromatic heterocycles. The summed E-state index contributed by atoms with van der Waals surface area (Å²) < 4.78 is 33.2. The molecular weight excluding hydrogens is 416 g/mol. The Morgan fingerprint density at radius 2 is 1.68 bits per heavy atom. The Morgan fingerprint density at radius 1 is 1.06 bits per heavy atom. The summed E-state index contributed by atoms with van der Waals surface area (Å²) in [6, 6.07) is 17.6. The summed E-state index contributed by atoms with van der Waals surface area (Å²) in [6.45, 7) is 1.17. The topological polar surface area (TPSA) is 87.2 Å². The Balaban J connectivity index is 1.51. The van der Waals surface area contributed by atoms with Crippen molar-refractivity contribution < 1.29 is 23.2 Å². The van der Waals surface area contributed by atoms with E-state index in [0.29, 0.717) is 43.2 Å². The number of nitrogens with zero attached hydrogens (tertiary/aromatic N) is 2. The van der Waals surface area contributed by atoms with Gasteiger partial charge in [-0.25, -0.2) is 17.8 Å². The van der Waals surface area contributed by atoms with Gasteiger partial charge in [0.05, 0.1) is 24.5 Å². The van der Waals surface area contributed by atoms with E-state index in [-0.39, 0.29) is 18.3 Å². The molecule has 0 radical (unpaired) electrons. The minimum atomic E-state index is -3.67. The molecule has 0 aliphatic carbocycles. The van der Waals surface area contributed by atoms with Crippen molar-refractivity contribution in [2.75, 3.05) is 25.4 Å². The lowest BCUT2D eigenvalue weighted by molar-refractivity contribution is -0.159. The average Bonchev–Trinajstić information content (AvgIpc) is 2.81. The summed E-state index contributed by atoms with van der Waals surface area (Å²) in [4.78, 5) is 11.1. The molecule has 0 saturated carbocycles. The van der Waals surface area contributed by atoms with Gasteiger partial charge in [0.15, 0.2) is 0 Å². The molecule has 1 N–H and O–H groups in total. The number of amides is 1. The molecule has 0 bridgehead atoms. The molecule has 1 atom stereocenters. The predicted octanol–water partition coefficient (Wildman–Crippen LogP) is 3.10. The van der Waals surface area contributed by atoms with Crippen LogP contribution in [-0.2, 0) is 19.6 Å². The van der Waals surface area contributed by atoms with Crippen LogP contribution in [0, 0.1) is 0 Å². The zero-order valence-corrected chi connectivity index (χ0v) is 18.1. The predicted molar refractivity (Wildman–Crippen MR) is 119 cm³/mol. The van der Waals surface area contributed by atoms with Crippen LogP contribution in [0.15, 0.2) is 66.7 Å². The first-order valence-corrected chi connectivity index (χ1v) is 11.9. The van der Waals surface area contributed by atoms with Crippen molar-refractivity contribution in [1.29, 1.82) is 0 Å². The third-order valence-electron chi connectivity index (χ3n) is 5.31. The molecule has 3 rings (SSSR count). The van der Waals surface area contributed by atoms with E-state index >= 15 is 0 Å². The number of hydrogen-bond acceptors (Lipinski definition) is 5. The molecule has 7 nitrogen and oxygen atoms in total. The minimum absolute atomic E-state index is 0.00103. The first-order valence-electron chi connectivity index (χ1n) is 10.3. The number of carbonyl (C=O) groups is 1. The van der Waals surface area contributed by atoms with Crippen LogP contribution >= 0.6 is 0 Å². The van der Waals surface area contributed by atoms with Crippen LogP contribution < -0.4 is 0 Å². The number of hydrogen-bond donors (Lipinski definition) is 1. The van der Waals surface area contributed by atoms with E-state index < -0.39 is 16.1 Å². The summed E-state index contributed by atoms with van der Waals surface area (Å²) >= 11 is 0. The van der Waals surface area contributed by atoms with E-state index in [4.69, 9.17) is 4.74 Å². The molecule has 1 heterocycles. The summed E-state index contributed by atoms with van der Waals surface area (Å²) in [7, 11) is -3.67. The van der Waals surface area contributed by atoms with Gasteiger partial charge in [-0.1, -0.05) is 72.8 Å². The van der Waals surface area contributed by atoms with E-state index in [9.17, 15) is 18.4 Å². The maximum Gasteiger partial charge on any atom is 0.233 e. The van der Waals surface area contributed by atoms with Gasteiger partial charge in [-0.2, -0.15) is 0 Å². The van der Waals surface area contributed by atoms with E-state index in [0.717, 1.165) is 5.56 Å². The van der Waals surface area contributed by atoms with Crippen molar-refractivity contribution in [3.63, 3.8) is 0 Å². The van der Waals surface area contributed by atoms with Crippen molar-refractivity contribution in [2.24, 2.45) is 0 Å². The first kappa shape index (κ1) is 23.1. The van der Waals surface area contributed by atoms with Gasteiger partial charge in [-0.3, -0.25) is 10.0 Å². The fourth-order valence-corrected chi connectivity index (χ4v) is 5.32. The summed E-state index contributed by atoms with van der Waals surface area (Å²) in [5.41, 5.74) is 1.66. The van der Waals surface area contributed by atoms with Crippen LogP contribution in [0.4, 0.5) is 0 Å². The minimum Gasteiger partial charge on any atom is -0.374 e. The van der Waals surface area contributed by atoms with Gasteiger partial charge in [-0.15, -0.1) is 0 Å². The van der Waals surface area contributed by atoms with E-state index in [2.05, 4.69) is 0 Å². The Kier molecular flexibility index (Phi) is 8.36. The smallest absolute Gasteiger partial charge is 0.233 e. The van der Waals surface area contributed by atoms with E-state index in [1.165, 1.54) is 4.31 Å². The van der Waals surface area contributed by atoms with Gasteiger partial charge in [0, 0.05) is 13.1 Å². The van der Waals surface area contributed by atoms with Gasteiger partial charge >= 0.3 is 0 Å². The molecule has 2 aromatic rings. The quantitative estimate of drug-likeness (QED) is 0.346. The number of ether oxygens (including phenoxy) is 1. The number of benzene rings is 2. The zero-order chi connectivity index (χ0) is 22.1. The maximum atomic E-state index is 12.9. The lowest BCUT2D eigenvalue weighted by Crippen LogP contribution is -2.44. The number of rotatable bonds is 10. The lowest BCUT2D eigenvalue weighted by atomic mass is 10.1. The molecule has 1 unspecified atom stereocenters. The molecular formula is C23H28N2O5S. The molecule has 0 spiro atoms. The molecule has 166 valence electrons. The zero-order valence-electron chi connectivity index (χ0n) is 17.3. The molecule has 1 aliphatic heterocycles. The second kappa shape index (κ2) is 11.2. The highest BCUT2D eigenvalue weighted by Crippen LogP contribution is 2.24. The van der Waals surface area contributed by atoms with Gasteiger partial charge < -0.3 is 4.74 Å². The Labute approximate surface area is 183 Å². The van der Waals surface area contributed by atoms with Crippen molar-refractivity contribution in [2.45, 2.75) is 25.0 Å². The Bertz CT molecular complexity index is 942. The van der Waals surface area contributed by atoms with Gasteiger partial charge in [0.1, 0.15) is 0 Å². The molecule has 1 saturated heterocycles. The highest BCUT2D eigenvalue weighted by molar-refractivity contribution is 7.89. The summed E-state index contributed by atoms with van der Waals surface area (Å²) in [5, 5.41) is 10.4.